The highest BCUT2D eigenvalue weighted by Crippen LogP contribution is 2.26. The lowest BCUT2D eigenvalue weighted by Crippen LogP contribution is -2.43. The van der Waals surface area contributed by atoms with E-state index in [0.29, 0.717) is 13.2 Å². The van der Waals surface area contributed by atoms with E-state index >= 15 is 0 Å². The average Bonchev–Trinajstić information content (AvgIpc) is 2.92. The second-order valence-corrected chi connectivity index (χ2v) is 6.01. The topological polar surface area (TPSA) is 61.8 Å². The molecule has 0 bridgehead atoms. The SMILES string of the molecule is COCC(NC(=O)N(C)CC1CCCC1O)c1ccccc1. The average molecular weight is 306 g/mol. The van der Waals surface area contributed by atoms with Crippen LogP contribution in [0.25, 0.3) is 0 Å². The van der Waals surface area contributed by atoms with Crippen LogP contribution in [0.3, 0.4) is 0 Å². The van der Waals surface area contributed by atoms with E-state index in [1.807, 2.05) is 30.3 Å². The molecule has 1 aromatic rings. The quantitative estimate of drug-likeness (QED) is 0.847. The van der Waals surface area contributed by atoms with Crippen molar-refractivity contribution in [1.82, 2.24) is 10.2 Å². The highest BCUT2D eigenvalue weighted by Gasteiger charge is 2.28. The smallest absolute Gasteiger partial charge is 0.317 e. The van der Waals surface area contributed by atoms with Crippen molar-refractivity contribution in [1.29, 1.82) is 0 Å². The van der Waals surface area contributed by atoms with E-state index in [9.17, 15) is 9.90 Å². The van der Waals surface area contributed by atoms with Gasteiger partial charge in [0, 0.05) is 26.6 Å². The summed E-state index contributed by atoms with van der Waals surface area (Å²) in [4.78, 5) is 14.0. The maximum atomic E-state index is 12.4. The number of nitrogens with one attached hydrogen (secondary N) is 1. The van der Waals surface area contributed by atoms with Gasteiger partial charge in [0.05, 0.1) is 18.8 Å². The largest absolute Gasteiger partial charge is 0.393 e. The number of carbonyl (C=O) groups excluding carboxylic acids is 1. The number of carbonyl (C=O) groups is 1. The van der Waals surface area contributed by atoms with Crippen LogP contribution in [0.15, 0.2) is 30.3 Å². The number of rotatable bonds is 6. The van der Waals surface area contributed by atoms with Crippen molar-refractivity contribution in [3.05, 3.63) is 35.9 Å². The molecule has 2 N–H and O–H groups in total. The Morgan fingerprint density at radius 3 is 2.73 bits per heavy atom. The summed E-state index contributed by atoms with van der Waals surface area (Å²) in [5, 5.41) is 12.9. The van der Waals surface area contributed by atoms with Crippen molar-refractivity contribution in [2.24, 2.45) is 5.92 Å². The molecule has 0 aromatic heterocycles. The Balaban J connectivity index is 1.92. The number of methoxy groups -OCH3 is 1. The van der Waals surface area contributed by atoms with Crippen molar-refractivity contribution in [2.45, 2.75) is 31.4 Å². The fraction of sp³-hybridized carbons (Fsp3) is 0.588. The third-order valence-electron chi connectivity index (χ3n) is 4.31. The van der Waals surface area contributed by atoms with E-state index < -0.39 is 0 Å². The van der Waals surface area contributed by atoms with Gasteiger partial charge >= 0.3 is 6.03 Å². The molecule has 2 rings (SSSR count). The molecule has 1 saturated carbocycles. The zero-order chi connectivity index (χ0) is 15.9. The first kappa shape index (κ1) is 16.8. The minimum atomic E-state index is -0.279. The van der Waals surface area contributed by atoms with E-state index in [-0.39, 0.29) is 24.1 Å². The number of nitrogens with zero attached hydrogens (tertiary/aromatic N) is 1. The summed E-state index contributed by atoms with van der Waals surface area (Å²) in [6.45, 7) is 1.01. The Morgan fingerprint density at radius 1 is 1.41 bits per heavy atom. The van der Waals surface area contributed by atoms with Crippen LogP contribution in [0.1, 0.15) is 30.9 Å². The zero-order valence-electron chi connectivity index (χ0n) is 13.4. The predicted molar refractivity (Wildman–Crippen MR) is 85.6 cm³/mol. The molecule has 1 aliphatic carbocycles. The highest BCUT2D eigenvalue weighted by molar-refractivity contribution is 5.74. The molecule has 0 heterocycles. The number of aliphatic hydroxyl groups excluding tert-OH is 1. The molecule has 5 nitrogen and oxygen atoms in total. The van der Waals surface area contributed by atoms with E-state index in [1.165, 1.54) is 0 Å². The minimum Gasteiger partial charge on any atom is -0.393 e. The van der Waals surface area contributed by atoms with Gasteiger partial charge in [0.15, 0.2) is 0 Å². The number of amides is 2. The molecule has 22 heavy (non-hydrogen) atoms. The van der Waals surface area contributed by atoms with Crippen molar-refractivity contribution in [2.75, 3.05) is 27.3 Å². The van der Waals surface area contributed by atoms with Crippen LogP contribution in [0.2, 0.25) is 0 Å². The molecule has 0 aliphatic heterocycles. The standard InChI is InChI=1S/C17H26N2O3/c1-19(11-14-9-6-10-16(14)20)17(21)18-15(12-22-2)13-7-4-3-5-8-13/h3-5,7-8,14-16,20H,6,9-12H2,1-2H3,(H,18,21). The van der Waals surface area contributed by atoms with E-state index in [4.69, 9.17) is 4.74 Å². The molecular formula is C17H26N2O3. The molecule has 3 unspecified atom stereocenters. The molecule has 5 heteroatoms. The van der Waals surface area contributed by atoms with Crippen LogP contribution in [-0.2, 0) is 4.74 Å². The summed E-state index contributed by atoms with van der Waals surface area (Å²) in [5.74, 6) is 0.188. The van der Waals surface area contributed by atoms with E-state index in [0.717, 1.165) is 24.8 Å². The number of benzene rings is 1. The van der Waals surface area contributed by atoms with E-state index in [1.54, 1.807) is 19.1 Å². The Hall–Kier alpha value is -1.59. The second-order valence-electron chi connectivity index (χ2n) is 6.01. The predicted octanol–water partition coefficient (Wildman–Crippen LogP) is 2.18. The van der Waals surface area contributed by atoms with Gasteiger partial charge in [-0.1, -0.05) is 36.8 Å². The van der Waals surface area contributed by atoms with Gasteiger partial charge in [0.2, 0.25) is 0 Å². The maximum Gasteiger partial charge on any atom is 0.317 e. The molecule has 0 spiro atoms. The van der Waals surface area contributed by atoms with Crippen LogP contribution in [-0.4, -0.2) is 49.5 Å². The Kier molecular flexibility index (Phi) is 6.21. The van der Waals surface area contributed by atoms with Gasteiger partial charge < -0.3 is 20.1 Å². The number of hydrogen-bond acceptors (Lipinski definition) is 3. The third-order valence-corrected chi connectivity index (χ3v) is 4.31. The zero-order valence-corrected chi connectivity index (χ0v) is 13.4. The molecule has 122 valence electrons. The van der Waals surface area contributed by atoms with E-state index in [2.05, 4.69) is 5.32 Å². The summed E-state index contributed by atoms with van der Waals surface area (Å²) in [6.07, 6.45) is 2.59. The maximum absolute atomic E-state index is 12.4. The van der Waals surface area contributed by atoms with Crippen molar-refractivity contribution in [3.63, 3.8) is 0 Å². The fourth-order valence-corrected chi connectivity index (χ4v) is 3.00. The molecule has 1 aliphatic rings. The molecule has 1 fully saturated rings. The van der Waals surface area contributed by atoms with Gasteiger partial charge in [-0.25, -0.2) is 4.79 Å². The summed E-state index contributed by atoms with van der Waals surface area (Å²) < 4.78 is 5.22. The van der Waals surface area contributed by atoms with Crippen molar-refractivity contribution >= 4 is 6.03 Å². The van der Waals surface area contributed by atoms with Crippen molar-refractivity contribution < 1.29 is 14.6 Å². The van der Waals surface area contributed by atoms with Gasteiger partial charge in [-0.05, 0) is 18.4 Å². The number of hydrogen-bond donors (Lipinski definition) is 2. The second kappa shape index (κ2) is 8.15. The first-order valence-electron chi connectivity index (χ1n) is 7.85. The fourth-order valence-electron chi connectivity index (χ4n) is 3.00. The van der Waals surface area contributed by atoms with Gasteiger partial charge in [0.25, 0.3) is 0 Å². The highest BCUT2D eigenvalue weighted by atomic mass is 16.5. The van der Waals surface area contributed by atoms with Crippen LogP contribution in [0.5, 0.6) is 0 Å². The first-order valence-corrected chi connectivity index (χ1v) is 7.85. The number of urea groups is 1. The first-order chi connectivity index (χ1) is 10.6. The number of ether oxygens (including phenoxy) is 1. The Labute approximate surface area is 132 Å². The third kappa shape index (κ3) is 4.45. The lowest BCUT2D eigenvalue weighted by Gasteiger charge is -2.26. The summed E-state index contributed by atoms with van der Waals surface area (Å²) in [5.41, 5.74) is 1.02. The van der Waals surface area contributed by atoms with Gasteiger partial charge in [-0.15, -0.1) is 0 Å². The Bertz CT molecular complexity index is 466. The summed E-state index contributed by atoms with van der Waals surface area (Å²) in [7, 11) is 3.40. The van der Waals surface area contributed by atoms with Gasteiger partial charge in [0.1, 0.15) is 0 Å². The molecule has 0 saturated heterocycles. The van der Waals surface area contributed by atoms with Crippen LogP contribution in [0.4, 0.5) is 4.79 Å². The number of aliphatic hydroxyl groups is 1. The molecule has 1 aromatic carbocycles. The van der Waals surface area contributed by atoms with Gasteiger partial charge in [-0.2, -0.15) is 0 Å². The lowest BCUT2D eigenvalue weighted by molar-refractivity contribution is 0.111. The molecule has 0 radical (unpaired) electrons. The lowest BCUT2D eigenvalue weighted by atomic mass is 10.1. The summed E-state index contributed by atoms with van der Waals surface area (Å²) >= 11 is 0. The monoisotopic (exact) mass is 306 g/mol. The molecule has 2 amide bonds. The molecule has 3 atom stereocenters. The van der Waals surface area contributed by atoms with Crippen LogP contribution < -0.4 is 5.32 Å². The van der Waals surface area contributed by atoms with Crippen LogP contribution in [0, 0.1) is 5.92 Å². The normalized spacial score (nSPS) is 22.3. The van der Waals surface area contributed by atoms with Gasteiger partial charge in [-0.3, -0.25) is 0 Å². The molecular weight excluding hydrogens is 280 g/mol. The Morgan fingerprint density at radius 2 is 2.14 bits per heavy atom. The summed E-state index contributed by atoms with van der Waals surface area (Å²) in [6, 6.07) is 9.49. The van der Waals surface area contributed by atoms with Crippen molar-refractivity contribution in [3.8, 4) is 0 Å². The van der Waals surface area contributed by atoms with Crippen LogP contribution >= 0.6 is 0 Å². The minimum absolute atomic E-state index is 0.134.